The van der Waals surface area contributed by atoms with Gasteiger partial charge in [0.1, 0.15) is 0 Å². The van der Waals surface area contributed by atoms with Gasteiger partial charge in [0.2, 0.25) is 10.0 Å². The Labute approximate surface area is 198 Å². The first kappa shape index (κ1) is 24.6. The van der Waals surface area contributed by atoms with Crippen molar-refractivity contribution in [2.45, 2.75) is 25.7 Å². The number of halogens is 1. The van der Waals surface area contributed by atoms with E-state index in [9.17, 15) is 13.2 Å². The molecule has 1 fully saturated rings. The number of benzene rings is 1. The molecular formula is C22H30BrN5O3S. The number of carbonyl (C=O) groups excluding carboxylic acids is 1. The maximum Gasteiger partial charge on any atom is 0.257 e. The molecule has 8 nitrogen and oxygen atoms in total. The number of hydrogen-bond acceptors (Lipinski definition) is 6. The molecule has 1 amide bonds. The number of nitrogens with zero attached hydrogens (tertiary/aromatic N) is 4. The number of hydrogen-bond donors (Lipinski definition) is 1. The lowest BCUT2D eigenvalue weighted by atomic mass is 10.2. The molecule has 2 heterocycles. The predicted octanol–water partition coefficient (Wildman–Crippen LogP) is 3.27. The number of nitrogens with one attached hydrogen (secondary N) is 1. The molecule has 0 bridgehead atoms. The van der Waals surface area contributed by atoms with Gasteiger partial charge >= 0.3 is 0 Å². The lowest BCUT2D eigenvalue weighted by molar-refractivity contribution is 0.102. The maximum atomic E-state index is 13.1. The van der Waals surface area contributed by atoms with Gasteiger partial charge in [-0.3, -0.25) is 9.78 Å². The van der Waals surface area contributed by atoms with Crippen molar-refractivity contribution in [1.82, 2.24) is 14.2 Å². The van der Waals surface area contributed by atoms with Crippen molar-refractivity contribution in [2.75, 3.05) is 56.0 Å². The standard InChI is InChI=1S/C22H30BrN5O3S/c1-4-26-9-11-27(12-10-26)21-8-7-19(32(30,31)28(5-2)6-3)14-20(21)25-22(29)17-13-18(23)16-24-15-17/h7-8,13-16H,4-6,9-12H2,1-3H3,(H,25,29). The van der Waals surface area contributed by atoms with Crippen molar-refractivity contribution in [1.29, 1.82) is 0 Å². The molecule has 1 aromatic heterocycles. The highest BCUT2D eigenvalue weighted by Gasteiger charge is 2.25. The van der Waals surface area contributed by atoms with Gasteiger partial charge in [0.25, 0.3) is 5.91 Å². The normalized spacial score (nSPS) is 15.2. The highest BCUT2D eigenvalue weighted by Crippen LogP contribution is 2.31. The Hall–Kier alpha value is -2.01. The molecule has 1 N–H and O–H groups in total. The maximum absolute atomic E-state index is 13.1. The second-order valence-electron chi connectivity index (χ2n) is 7.54. The van der Waals surface area contributed by atoms with Gasteiger partial charge in [-0.15, -0.1) is 0 Å². The van der Waals surface area contributed by atoms with Crippen LogP contribution in [-0.2, 0) is 10.0 Å². The van der Waals surface area contributed by atoms with E-state index in [0.29, 0.717) is 28.8 Å². The number of rotatable bonds is 8. The summed E-state index contributed by atoms with van der Waals surface area (Å²) in [5, 5.41) is 2.93. The minimum absolute atomic E-state index is 0.166. The van der Waals surface area contributed by atoms with Gasteiger partial charge in [-0.05, 0) is 46.7 Å². The van der Waals surface area contributed by atoms with Crippen LogP contribution in [0.15, 0.2) is 46.0 Å². The molecule has 0 unspecified atom stereocenters. The Morgan fingerprint density at radius 2 is 1.78 bits per heavy atom. The van der Waals surface area contributed by atoms with E-state index in [1.165, 1.54) is 10.5 Å². The third kappa shape index (κ3) is 5.48. The monoisotopic (exact) mass is 523 g/mol. The minimum atomic E-state index is -3.66. The molecule has 1 aliphatic heterocycles. The number of sulfonamides is 1. The number of carbonyl (C=O) groups is 1. The van der Waals surface area contributed by atoms with Gasteiger partial charge < -0.3 is 15.1 Å². The highest BCUT2D eigenvalue weighted by molar-refractivity contribution is 9.10. The second-order valence-corrected chi connectivity index (χ2v) is 10.4. The van der Waals surface area contributed by atoms with E-state index in [2.05, 4.69) is 43.0 Å². The first-order chi connectivity index (χ1) is 15.3. The number of pyridine rings is 1. The van der Waals surface area contributed by atoms with Crippen LogP contribution in [-0.4, -0.2) is 74.3 Å². The molecule has 0 atom stereocenters. The lowest BCUT2D eigenvalue weighted by Crippen LogP contribution is -2.46. The molecular weight excluding hydrogens is 494 g/mol. The Kier molecular flexibility index (Phi) is 8.26. The lowest BCUT2D eigenvalue weighted by Gasteiger charge is -2.36. The summed E-state index contributed by atoms with van der Waals surface area (Å²) < 4.78 is 28.3. The number of piperazine rings is 1. The van der Waals surface area contributed by atoms with Crippen LogP contribution in [0.2, 0.25) is 0 Å². The number of amides is 1. The molecule has 3 rings (SSSR count). The minimum Gasteiger partial charge on any atom is -0.367 e. The number of likely N-dealkylation sites (N-methyl/N-ethyl adjacent to an activating group) is 1. The summed E-state index contributed by atoms with van der Waals surface area (Å²) in [5.74, 6) is -0.343. The number of aromatic nitrogens is 1. The molecule has 1 aliphatic rings. The van der Waals surface area contributed by atoms with Crippen molar-refractivity contribution in [3.8, 4) is 0 Å². The van der Waals surface area contributed by atoms with Gasteiger partial charge in [-0.25, -0.2) is 8.42 Å². The van der Waals surface area contributed by atoms with Gasteiger partial charge in [0.15, 0.2) is 0 Å². The van der Waals surface area contributed by atoms with E-state index < -0.39 is 10.0 Å². The van der Waals surface area contributed by atoms with Gasteiger partial charge in [0.05, 0.1) is 21.8 Å². The van der Waals surface area contributed by atoms with Crippen LogP contribution in [0.4, 0.5) is 11.4 Å². The molecule has 2 aromatic rings. The molecule has 10 heteroatoms. The zero-order valence-corrected chi connectivity index (χ0v) is 21.1. The first-order valence-corrected chi connectivity index (χ1v) is 13.1. The summed E-state index contributed by atoms with van der Waals surface area (Å²) in [5.41, 5.74) is 1.68. The van der Waals surface area contributed by atoms with Crippen LogP contribution in [0.5, 0.6) is 0 Å². The molecule has 0 radical (unpaired) electrons. The van der Waals surface area contributed by atoms with Crippen molar-refractivity contribution in [3.05, 3.63) is 46.7 Å². The van der Waals surface area contributed by atoms with E-state index in [0.717, 1.165) is 38.4 Å². The fraction of sp³-hybridized carbons (Fsp3) is 0.455. The molecule has 0 saturated carbocycles. The summed E-state index contributed by atoms with van der Waals surface area (Å²) in [7, 11) is -3.66. The average Bonchev–Trinajstić information content (AvgIpc) is 2.79. The zero-order valence-electron chi connectivity index (χ0n) is 18.7. The summed E-state index contributed by atoms with van der Waals surface area (Å²) in [4.78, 5) is 21.7. The summed E-state index contributed by atoms with van der Waals surface area (Å²) in [6.45, 7) is 11.0. The Bertz CT molecular complexity index is 1050. The molecule has 32 heavy (non-hydrogen) atoms. The average molecular weight is 524 g/mol. The molecule has 0 aliphatic carbocycles. The van der Waals surface area contributed by atoms with E-state index in [4.69, 9.17) is 0 Å². The molecule has 174 valence electrons. The summed E-state index contributed by atoms with van der Waals surface area (Å²) in [6, 6.07) is 6.68. The fourth-order valence-corrected chi connectivity index (χ4v) is 5.65. The second kappa shape index (κ2) is 10.7. The topological polar surface area (TPSA) is 85.9 Å². The van der Waals surface area contributed by atoms with Crippen LogP contribution in [0.25, 0.3) is 0 Å². The predicted molar refractivity (Wildman–Crippen MR) is 131 cm³/mol. The number of anilines is 2. The van der Waals surface area contributed by atoms with Crippen molar-refractivity contribution in [3.63, 3.8) is 0 Å². The third-order valence-electron chi connectivity index (χ3n) is 5.69. The van der Waals surface area contributed by atoms with Crippen LogP contribution in [0, 0.1) is 0 Å². The Morgan fingerprint density at radius 1 is 1.09 bits per heavy atom. The largest absolute Gasteiger partial charge is 0.367 e. The van der Waals surface area contributed by atoms with E-state index in [1.54, 1.807) is 30.5 Å². The van der Waals surface area contributed by atoms with Crippen molar-refractivity contribution >= 4 is 43.2 Å². The van der Waals surface area contributed by atoms with Crippen LogP contribution in [0.3, 0.4) is 0 Å². The Balaban J connectivity index is 1.98. The first-order valence-electron chi connectivity index (χ1n) is 10.8. The van der Waals surface area contributed by atoms with Gasteiger partial charge in [-0.1, -0.05) is 20.8 Å². The van der Waals surface area contributed by atoms with Crippen molar-refractivity contribution in [2.24, 2.45) is 0 Å². The summed E-state index contributed by atoms with van der Waals surface area (Å²) in [6.07, 6.45) is 3.09. The fourth-order valence-electron chi connectivity index (χ4n) is 3.80. The zero-order chi connectivity index (χ0) is 23.3. The van der Waals surface area contributed by atoms with Crippen LogP contribution in [0.1, 0.15) is 31.1 Å². The molecule has 1 aromatic carbocycles. The SMILES string of the molecule is CCN1CCN(c2ccc(S(=O)(=O)N(CC)CC)cc2NC(=O)c2cncc(Br)c2)CC1. The third-order valence-corrected chi connectivity index (χ3v) is 8.17. The molecule has 1 saturated heterocycles. The van der Waals surface area contributed by atoms with Gasteiger partial charge in [0, 0.05) is 56.1 Å². The van der Waals surface area contributed by atoms with Crippen LogP contribution >= 0.6 is 15.9 Å². The Morgan fingerprint density at radius 3 is 2.38 bits per heavy atom. The van der Waals surface area contributed by atoms with E-state index in [-0.39, 0.29) is 10.8 Å². The quantitative estimate of drug-likeness (QED) is 0.571. The van der Waals surface area contributed by atoms with Crippen LogP contribution < -0.4 is 10.2 Å². The smallest absolute Gasteiger partial charge is 0.257 e. The summed E-state index contributed by atoms with van der Waals surface area (Å²) >= 11 is 3.33. The molecule has 0 spiro atoms. The van der Waals surface area contributed by atoms with Crippen molar-refractivity contribution < 1.29 is 13.2 Å². The van der Waals surface area contributed by atoms with E-state index >= 15 is 0 Å². The highest BCUT2D eigenvalue weighted by atomic mass is 79.9. The van der Waals surface area contributed by atoms with Gasteiger partial charge in [-0.2, -0.15) is 4.31 Å². The van der Waals surface area contributed by atoms with E-state index in [1.807, 2.05) is 13.8 Å².